The first kappa shape index (κ1) is 9.72. The van der Waals surface area contributed by atoms with Gasteiger partial charge in [-0.15, -0.1) is 0 Å². The number of hydrogen-bond donors (Lipinski definition) is 0. The molecule has 1 nitrogen and oxygen atoms in total. The molecule has 0 spiro atoms. The minimum atomic E-state index is 1.20. The van der Waals surface area contributed by atoms with Gasteiger partial charge in [0, 0.05) is 6.54 Å². The van der Waals surface area contributed by atoms with Crippen molar-refractivity contribution in [2.75, 3.05) is 19.6 Å². The highest BCUT2D eigenvalue weighted by Gasteiger charge is 2.09. The summed E-state index contributed by atoms with van der Waals surface area (Å²) < 4.78 is 0. The molecule has 1 aromatic carbocycles. The molecule has 0 bridgehead atoms. The van der Waals surface area contributed by atoms with E-state index in [9.17, 15) is 0 Å². The van der Waals surface area contributed by atoms with Crippen LogP contribution in [0.25, 0.3) is 0 Å². The summed E-state index contributed by atoms with van der Waals surface area (Å²) in [5.74, 6) is 0. The molecule has 14 heavy (non-hydrogen) atoms. The Morgan fingerprint density at radius 2 is 1.71 bits per heavy atom. The SMILES string of the molecule is [CH]1CCN(CCc2ccccc2)CC1. The number of likely N-dealkylation sites (tertiary alicyclic amines) is 1. The van der Waals surface area contributed by atoms with Gasteiger partial charge in [0.25, 0.3) is 0 Å². The van der Waals surface area contributed by atoms with Crippen LogP contribution in [-0.4, -0.2) is 24.5 Å². The molecule has 0 aliphatic carbocycles. The second-order valence-electron chi connectivity index (χ2n) is 3.94. The van der Waals surface area contributed by atoms with Crippen LogP contribution in [0.15, 0.2) is 30.3 Å². The predicted molar refractivity (Wildman–Crippen MR) is 60.1 cm³/mol. The molecule has 1 fully saturated rings. The fourth-order valence-electron chi connectivity index (χ4n) is 1.96. The number of piperidine rings is 1. The largest absolute Gasteiger partial charge is 0.303 e. The Labute approximate surface area is 86.7 Å². The summed E-state index contributed by atoms with van der Waals surface area (Å²) >= 11 is 0. The Kier molecular flexibility index (Phi) is 3.58. The number of rotatable bonds is 3. The molecule has 0 unspecified atom stereocenters. The van der Waals surface area contributed by atoms with Gasteiger partial charge in [0.05, 0.1) is 0 Å². The van der Waals surface area contributed by atoms with Gasteiger partial charge in [-0.05, 0) is 44.3 Å². The van der Waals surface area contributed by atoms with Gasteiger partial charge in [-0.2, -0.15) is 0 Å². The molecule has 1 aliphatic rings. The molecule has 1 heterocycles. The summed E-state index contributed by atoms with van der Waals surface area (Å²) in [6, 6.07) is 10.8. The fourth-order valence-corrected chi connectivity index (χ4v) is 1.96. The average Bonchev–Trinajstić information content (AvgIpc) is 2.29. The molecular weight excluding hydrogens is 170 g/mol. The Bertz CT molecular complexity index is 249. The first-order valence-corrected chi connectivity index (χ1v) is 5.53. The topological polar surface area (TPSA) is 3.24 Å². The monoisotopic (exact) mass is 188 g/mol. The standard InChI is InChI=1S/C13H18N/c1-3-7-13(8-4-1)9-12-14-10-5-2-6-11-14/h1-4,7-8H,5-6,9-12H2. The van der Waals surface area contributed by atoms with Crippen molar-refractivity contribution < 1.29 is 0 Å². The second-order valence-corrected chi connectivity index (χ2v) is 3.94. The van der Waals surface area contributed by atoms with Crippen molar-refractivity contribution in [3.63, 3.8) is 0 Å². The highest BCUT2D eigenvalue weighted by atomic mass is 15.1. The zero-order valence-corrected chi connectivity index (χ0v) is 8.65. The van der Waals surface area contributed by atoms with E-state index in [4.69, 9.17) is 0 Å². The number of nitrogens with zero attached hydrogens (tertiary/aromatic N) is 1. The van der Waals surface area contributed by atoms with Crippen molar-refractivity contribution in [1.82, 2.24) is 4.90 Å². The summed E-state index contributed by atoms with van der Waals surface area (Å²) in [5, 5.41) is 0. The van der Waals surface area contributed by atoms with Gasteiger partial charge in [0.1, 0.15) is 0 Å². The van der Waals surface area contributed by atoms with E-state index in [0.717, 1.165) is 0 Å². The zero-order valence-electron chi connectivity index (χ0n) is 8.65. The van der Waals surface area contributed by atoms with E-state index in [0.29, 0.717) is 0 Å². The predicted octanol–water partition coefficient (Wildman–Crippen LogP) is 2.53. The van der Waals surface area contributed by atoms with Crippen LogP contribution in [0, 0.1) is 6.42 Å². The van der Waals surface area contributed by atoms with E-state index in [-0.39, 0.29) is 0 Å². The third kappa shape index (κ3) is 2.85. The lowest BCUT2D eigenvalue weighted by molar-refractivity contribution is 0.257. The van der Waals surface area contributed by atoms with Crippen LogP contribution < -0.4 is 0 Å². The van der Waals surface area contributed by atoms with E-state index >= 15 is 0 Å². The molecule has 2 rings (SSSR count). The first-order valence-electron chi connectivity index (χ1n) is 5.53. The van der Waals surface area contributed by atoms with Crippen molar-refractivity contribution in [2.24, 2.45) is 0 Å². The van der Waals surface area contributed by atoms with Crippen molar-refractivity contribution in [3.05, 3.63) is 42.3 Å². The van der Waals surface area contributed by atoms with Crippen LogP contribution in [0.1, 0.15) is 18.4 Å². The van der Waals surface area contributed by atoms with Crippen molar-refractivity contribution >= 4 is 0 Å². The second kappa shape index (κ2) is 5.16. The van der Waals surface area contributed by atoms with Crippen LogP contribution >= 0.6 is 0 Å². The van der Waals surface area contributed by atoms with Gasteiger partial charge in [0.2, 0.25) is 0 Å². The highest BCUT2D eigenvalue weighted by molar-refractivity contribution is 5.14. The third-order valence-corrected chi connectivity index (χ3v) is 2.86. The molecule has 0 aromatic heterocycles. The minimum Gasteiger partial charge on any atom is -0.303 e. The Hall–Kier alpha value is -0.820. The summed E-state index contributed by atoms with van der Waals surface area (Å²) in [6.45, 7) is 3.73. The normalized spacial score (nSPS) is 18.3. The maximum absolute atomic E-state index is 2.56. The minimum absolute atomic E-state index is 1.20. The highest BCUT2D eigenvalue weighted by Crippen LogP contribution is 2.08. The molecule has 75 valence electrons. The summed E-state index contributed by atoms with van der Waals surface area (Å²) in [5.41, 5.74) is 1.46. The average molecular weight is 188 g/mol. The molecule has 0 N–H and O–H groups in total. The maximum atomic E-state index is 2.56. The van der Waals surface area contributed by atoms with Crippen molar-refractivity contribution in [2.45, 2.75) is 19.3 Å². The van der Waals surface area contributed by atoms with Crippen LogP contribution in [0.4, 0.5) is 0 Å². The number of hydrogen-bond acceptors (Lipinski definition) is 1. The van der Waals surface area contributed by atoms with Gasteiger partial charge < -0.3 is 4.90 Å². The van der Waals surface area contributed by atoms with Crippen molar-refractivity contribution in [3.8, 4) is 0 Å². The molecule has 0 saturated carbocycles. The molecular formula is C13H18N. The lowest BCUT2D eigenvalue weighted by Gasteiger charge is -2.26. The third-order valence-electron chi connectivity index (χ3n) is 2.86. The molecule has 0 amide bonds. The van der Waals surface area contributed by atoms with Gasteiger partial charge in [-0.3, -0.25) is 0 Å². The van der Waals surface area contributed by atoms with Gasteiger partial charge in [-0.1, -0.05) is 30.3 Å². The van der Waals surface area contributed by atoms with E-state index in [2.05, 4.69) is 41.7 Å². The van der Waals surface area contributed by atoms with Crippen LogP contribution in [0.3, 0.4) is 0 Å². The lowest BCUT2D eigenvalue weighted by Crippen LogP contribution is -2.31. The quantitative estimate of drug-likeness (QED) is 0.704. The molecule has 1 aromatic rings. The van der Waals surface area contributed by atoms with Gasteiger partial charge in [-0.25, -0.2) is 0 Å². The van der Waals surface area contributed by atoms with Crippen LogP contribution in [0.5, 0.6) is 0 Å². The van der Waals surface area contributed by atoms with E-state index < -0.39 is 0 Å². The van der Waals surface area contributed by atoms with E-state index in [1.54, 1.807) is 0 Å². The van der Waals surface area contributed by atoms with Gasteiger partial charge in [0.15, 0.2) is 0 Å². The summed E-state index contributed by atoms with van der Waals surface area (Å²) in [4.78, 5) is 2.56. The Morgan fingerprint density at radius 1 is 1.00 bits per heavy atom. The van der Waals surface area contributed by atoms with Crippen LogP contribution in [0.2, 0.25) is 0 Å². The van der Waals surface area contributed by atoms with Crippen LogP contribution in [-0.2, 0) is 6.42 Å². The zero-order chi connectivity index (χ0) is 9.64. The maximum Gasteiger partial charge on any atom is 0.00218 e. The smallest absolute Gasteiger partial charge is 0.00218 e. The van der Waals surface area contributed by atoms with E-state index in [1.165, 1.54) is 44.5 Å². The number of benzene rings is 1. The first-order chi connectivity index (χ1) is 6.95. The molecule has 1 saturated heterocycles. The van der Waals surface area contributed by atoms with Gasteiger partial charge >= 0.3 is 0 Å². The summed E-state index contributed by atoms with van der Waals surface area (Å²) in [6.07, 6.45) is 6.14. The van der Waals surface area contributed by atoms with Crippen molar-refractivity contribution in [1.29, 1.82) is 0 Å². The molecule has 1 aliphatic heterocycles. The summed E-state index contributed by atoms with van der Waals surface area (Å²) in [7, 11) is 0. The molecule has 1 radical (unpaired) electrons. The fraction of sp³-hybridized carbons (Fsp3) is 0.462. The Balaban J connectivity index is 1.76. The van der Waals surface area contributed by atoms with E-state index in [1.807, 2.05) is 0 Å². The Morgan fingerprint density at radius 3 is 2.43 bits per heavy atom. The molecule has 0 atom stereocenters. The molecule has 1 heteroatoms. The lowest BCUT2D eigenvalue weighted by atomic mass is 10.1.